The number of esters is 1. The molecule has 3 unspecified atom stereocenters. The van der Waals surface area contributed by atoms with Crippen molar-refractivity contribution in [3.8, 4) is 0 Å². The van der Waals surface area contributed by atoms with Crippen LogP contribution < -0.4 is 0 Å². The fourth-order valence-electron chi connectivity index (χ4n) is 2.41. The van der Waals surface area contributed by atoms with Crippen LogP contribution in [0.1, 0.15) is 13.3 Å². The summed E-state index contributed by atoms with van der Waals surface area (Å²) in [4.78, 5) is 25.4. The highest BCUT2D eigenvalue weighted by Gasteiger charge is 2.37. The van der Waals surface area contributed by atoms with E-state index >= 15 is 0 Å². The first-order valence-corrected chi connectivity index (χ1v) is 6.23. The quantitative estimate of drug-likeness (QED) is 0.642. The van der Waals surface area contributed by atoms with Crippen molar-refractivity contribution in [3.05, 3.63) is 0 Å². The van der Waals surface area contributed by atoms with Crippen molar-refractivity contribution in [1.29, 1.82) is 0 Å². The second-order valence-electron chi connectivity index (χ2n) is 4.64. The summed E-state index contributed by atoms with van der Waals surface area (Å²) in [5, 5.41) is 0. The summed E-state index contributed by atoms with van der Waals surface area (Å²) in [5.41, 5.74) is 0. The minimum Gasteiger partial charge on any atom is -0.467 e. The Morgan fingerprint density at radius 1 is 1.28 bits per heavy atom. The third-order valence-corrected chi connectivity index (χ3v) is 3.54. The van der Waals surface area contributed by atoms with Crippen LogP contribution in [0.5, 0.6) is 0 Å². The standard InChI is InChI=1S/C12H19NO5/c1-8-9(3-5-17-8)11(14)13-4-6-18-10(7-13)12(15)16-2/h8-10H,3-7H2,1-2H3. The van der Waals surface area contributed by atoms with Gasteiger partial charge in [0, 0.05) is 13.2 Å². The summed E-state index contributed by atoms with van der Waals surface area (Å²) < 4.78 is 15.3. The van der Waals surface area contributed by atoms with Crippen LogP contribution in [0.25, 0.3) is 0 Å². The van der Waals surface area contributed by atoms with E-state index in [2.05, 4.69) is 4.74 Å². The molecule has 1 amide bonds. The van der Waals surface area contributed by atoms with Crippen LogP contribution in [0.3, 0.4) is 0 Å². The van der Waals surface area contributed by atoms with Crippen molar-refractivity contribution in [1.82, 2.24) is 4.90 Å². The number of ether oxygens (including phenoxy) is 3. The number of amides is 1. The van der Waals surface area contributed by atoms with Crippen LogP contribution in [0.2, 0.25) is 0 Å². The van der Waals surface area contributed by atoms with Gasteiger partial charge in [-0.2, -0.15) is 0 Å². The molecule has 6 nitrogen and oxygen atoms in total. The van der Waals surface area contributed by atoms with E-state index in [9.17, 15) is 9.59 Å². The number of carbonyl (C=O) groups excluding carboxylic acids is 2. The zero-order valence-electron chi connectivity index (χ0n) is 10.8. The normalized spacial score (nSPS) is 32.3. The first kappa shape index (κ1) is 13.3. The van der Waals surface area contributed by atoms with Crippen LogP contribution in [-0.2, 0) is 23.8 Å². The lowest BCUT2D eigenvalue weighted by Crippen LogP contribution is -2.51. The second-order valence-corrected chi connectivity index (χ2v) is 4.64. The van der Waals surface area contributed by atoms with Crippen molar-refractivity contribution in [3.63, 3.8) is 0 Å². The van der Waals surface area contributed by atoms with Crippen LogP contribution in [-0.4, -0.2) is 62.4 Å². The molecule has 0 bridgehead atoms. The van der Waals surface area contributed by atoms with Crippen LogP contribution in [0.4, 0.5) is 0 Å². The van der Waals surface area contributed by atoms with Gasteiger partial charge in [-0.1, -0.05) is 0 Å². The topological polar surface area (TPSA) is 65.1 Å². The summed E-state index contributed by atoms with van der Waals surface area (Å²) in [6.45, 7) is 3.70. The third-order valence-electron chi connectivity index (χ3n) is 3.54. The Hall–Kier alpha value is -1.14. The van der Waals surface area contributed by atoms with E-state index in [-0.39, 0.29) is 24.5 Å². The second kappa shape index (κ2) is 5.67. The Morgan fingerprint density at radius 2 is 2.06 bits per heavy atom. The highest BCUT2D eigenvalue weighted by molar-refractivity contribution is 5.81. The van der Waals surface area contributed by atoms with E-state index in [4.69, 9.17) is 9.47 Å². The van der Waals surface area contributed by atoms with Gasteiger partial charge in [0.25, 0.3) is 0 Å². The SMILES string of the molecule is COC(=O)C1CN(C(=O)C2CCOC2C)CCO1. The summed E-state index contributed by atoms with van der Waals surface area (Å²) in [6, 6.07) is 0. The predicted octanol–water partition coefficient (Wildman–Crippen LogP) is -0.188. The number of methoxy groups -OCH3 is 1. The number of nitrogens with zero attached hydrogens (tertiary/aromatic N) is 1. The molecule has 0 aliphatic carbocycles. The van der Waals surface area contributed by atoms with Gasteiger partial charge in [0.2, 0.25) is 5.91 Å². The molecule has 18 heavy (non-hydrogen) atoms. The first-order valence-electron chi connectivity index (χ1n) is 6.23. The molecule has 2 fully saturated rings. The Morgan fingerprint density at radius 3 is 2.67 bits per heavy atom. The fraction of sp³-hybridized carbons (Fsp3) is 0.833. The van der Waals surface area contributed by atoms with E-state index < -0.39 is 12.1 Å². The Kier molecular flexibility index (Phi) is 4.19. The Bertz CT molecular complexity index is 332. The van der Waals surface area contributed by atoms with E-state index in [1.165, 1.54) is 7.11 Å². The maximum atomic E-state index is 12.3. The van der Waals surface area contributed by atoms with Crippen molar-refractivity contribution in [2.24, 2.45) is 5.92 Å². The van der Waals surface area contributed by atoms with Crippen LogP contribution >= 0.6 is 0 Å². The Balaban J connectivity index is 1.96. The molecule has 0 radical (unpaired) electrons. The van der Waals surface area contributed by atoms with Gasteiger partial charge in [-0.25, -0.2) is 4.79 Å². The number of rotatable bonds is 2. The van der Waals surface area contributed by atoms with Gasteiger partial charge in [-0.3, -0.25) is 4.79 Å². The molecule has 2 aliphatic heterocycles. The van der Waals surface area contributed by atoms with Gasteiger partial charge in [-0.15, -0.1) is 0 Å². The molecule has 6 heteroatoms. The summed E-state index contributed by atoms with van der Waals surface area (Å²) in [5.74, 6) is -0.471. The van der Waals surface area contributed by atoms with Gasteiger partial charge in [-0.05, 0) is 13.3 Å². The Labute approximate surface area is 106 Å². The van der Waals surface area contributed by atoms with E-state index in [0.29, 0.717) is 19.8 Å². The lowest BCUT2D eigenvalue weighted by Gasteiger charge is -2.33. The van der Waals surface area contributed by atoms with Gasteiger partial charge in [0.1, 0.15) is 0 Å². The summed E-state index contributed by atoms with van der Waals surface area (Å²) in [6.07, 6.45) is 0.0440. The minimum atomic E-state index is -0.662. The molecule has 0 spiro atoms. The molecule has 2 aliphatic rings. The zero-order valence-corrected chi connectivity index (χ0v) is 10.8. The zero-order chi connectivity index (χ0) is 13.1. The first-order chi connectivity index (χ1) is 8.63. The molecule has 0 aromatic carbocycles. The number of hydrogen-bond donors (Lipinski definition) is 0. The smallest absolute Gasteiger partial charge is 0.336 e. The van der Waals surface area contributed by atoms with Crippen molar-refractivity contribution in [2.45, 2.75) is 25.6 Å². The molecule has 2 heterocycles. The van der Waals surface area contributed by atoms with Gasteiger partial charge < -0.3 is 19.1 Å². The summed E-state index contributed by atoms with van der Waals surface area (Å²) >= 11 is 0. The van der Waals surface area contributed by atoms with Crippen LogP contribution in [0, 0.1) is 5.92 Å². The van der Waals surface area contributed by atoms with Crippen molar-refractivity contribution in [2.75, 3.05) is 33.4 Å². The van der Waals surface area contributed by atoms with E-state index in [0.717, 1.165) is 6.42 Å². The molecule has 2 rings (SSSR count). The monoisotopic (exact) mass is 257 g/mol. The van der Waals surface area contributed by atoms with Crippen molar-refractivity contribution < 1.29 is 23.8 Å². The molecule has 102 valence electrons. The van der Waals surface area contributed by atoms with E-state index in [1.807, 2.05) is 6.92 Å². The number of hydrogen-bond acceptors (Lipinski definition) is 5. The average Bonchev–Trinajstić information content (AvgIpc) is 2.83. The van der Waals surface area contributed by atoms with Gasteiger partial charge in [0.15, 0.2) is 6.10 Å². The lowest BCUT2D eigenvalue weighted by molar-refractivity contribution is -0.163. The molecule has 0 N–H and O–H groups in total. The molecule has 2 saturated heterocycles. The van der Waals surface area contributed by atoms with E-state index in [1.54, 1.807) is 4.90 Å². The molecule has 0 saturated carbocycles. The number of morpholine rings is 1. The largest absolute Gasteiger partial charge is 0.467 e. The van der Waals surface area contributed by atoms with Gasteiger partial charge >= 0.3 is 5.97 Å². The van der Waals surface area contributed by atoms with Crippen molar-refractivity contribution >= 4 is 11.9 Å². The fourth-order valence-corrected chi connectivity index (χ4v) is 2.41. The van der Waals surface area contributed by atoms with Gasteiger partial charge in [0.05, 0.1) is 32.3 Å². The maximum Gasteiger partial charge on any atom is 0.336 e. The molecular weight excluding hydrogens is 238 g/mol. The molecule has 0 aromatic heterocycles. The molecule has 3 atom stereocenters. The minimum absolute atomic E-state index is 0.0445. The number of carbonyl (C=O) groups is 2. The van der Waals surface area contributed by atoms with Crippen LogP contribution in [0.15, 0.2) is 0 Å². The highest BCUT2D eigenvalue weighted by atomic mass is 16.6. The third kappa shape index (κ3) is 2.64. The molecular formula is C12H19NO5. The lowest BCUT2D eigenvalue weighted by atomic mass is 10.0. The average molecular weight is 257 g/mol. The highest BCUT2D eigenvalue weighted by Crippen LogP contribution is 2.23. The summed E-state index contributed by atoms with van der Waals surface area (Å²) in [7, 11) is 1.32. The molecule has 0 aromatic rings. The maximum absolute atomic E-state index is 12.3. The predicted molar refractivity (Wildman–Crippen MR) is 61.9 cm³/mol.